The molecule has 0 bridgehead atoms. The topological polar surface area (TPSA) is 142 Å². The second-order valence-corrected chi connectivity index (χ2v) is 11.5. The van der Waals surface area contributed by atoms with Crippen molar-refractivity contribution in [3.63, 3.8) is 0 Å². The van der Waals surface area contributed by atoms with Crippen LogP contribution in [0.5, 0.6) is 5.75 Å². The Morgan fingerprint density at radius 3 is 2.50 bits per heavy atom. The lowest BCUT2D eigenvalue weighted by Gasteiger charge is -2.30. The SMILES string of the molecule is CCc1cc(Nc2nccn3c(-c4ccc(OC)cc4C(F)(F)F)cnc23)ccc1C(=O)NCCOC(COC(N)=O)C(C)(C)C. The Bertz CT molecular complexity index is 1700. The third-order valence-electron chi connectivity index (χ3n) is 7.28. The number of nitrogens with one attached hydrogen (secondary N) is 2. The number of hydrogen-bond acceptors (Lipinski definition) is 8. The highest BCUT2D eigenvalue weighted by atomic mass is 19.4. The van der Waals surface area contributed by atoms with Gasteiger partial charge in [-0.3, -0.25) is 9.20 Å². The Kier molecular flexibility index (Phi) is 10.4. The molecule has 0 saturated carbocycles. The number of rotatable bonds is 12. The molecule has 46 heavy (non-hydrogen) atoms. The van der Waals surface area contributed by atoms with Crippen LogP contribution in [0.3, 0.4) is 0 Å². The van der Waals surface area contributed by atoms with Crippen molar-refractivity contribution >= 4 is 29.2 Å². The number of methoxy groups -OCH3 is 1. The van der Waals surface area contributed by atoms with E-state index >= 15 is 0 Å². The molecule has 14 heteroatoms. The van der Waals surface area contributed by atoms with Gasteiger partial charge in [-0.15, -0.1) is 0 Å². The number of primary amides is 1. The van der Waals surface area contributed by atoms with Crippen LogP contribution >= 0.6 is 0 Å². The van der Waals surface area contributed by atoms with Crippen molar-refractivity contribution in [3.8, 4) is 17.0 Å². The maximum Gasteiger partial charge on any atom is 0.417 e. The number of benzene rings is 2. The highest BCUT2D eigenvalue weighted by Crippen LogP contribution is 2.39. The van der Waals surface area contributed by atoms with E-state index in [1.165, 1.54) is 42.2 Å². The molecule has 246 valence electrons. The van der Waals surface area contributed by atoms with E-state index in [0.29, 0.717) is 29.1 Å². The van der Waals surface area contributed by atoms with Gasteiger partial charge in [0.25, 0.3) is 5.91 Å². The van der Waals surface area contributed by atoms with Crippen LogP contribution in [0.4, 0.5) is 29.5 Å². The molecule has 1 atom stereocenters. The number of carbonyl (C=O) groups excluding carboxylic acids is 2. The fourth-order valence-electron chi connectivity index (χ4n) is 4.80. The molecule has 0 aliphatic rings. The molecule has 2 heterocycles. The zero-order valence-corrected chi connectivity index (χ0v) is 26.2. The normalized spacial score (nSPS) is 12.5. The second kappa shape index (κ2) is 14.1. The minimum atomic E-state index is -4.62. The summed E-state index contributed by atoms with van der Waals surface area (Å²) in [7, 11) is 1.31. The molecule has 2 aromatic heterocycles. The molecule has 0 spiro atoms. The standard InChI is InChI=1S/C32H37F3N6O5/c1-6-19-15-20(7-9-22(19)29(42)38-12-14-45-26(31(2,3)4)18-46-30(36)43)40-27-28-39-17-25(41(28)13-11-37-27)23-10-8-21(44-5)16-24(23)32(33,34)35/h7-11,13,15-17,26H,6,12,14,18H2,1-5H3,(H2,36,43)(H,37,40)(H,38,42). The summed E-state index contributed by atoms with van der Waals surface area (Å²) in [6.45, 7) is 8.16. The van der Waals surface area contributed by atoms with Gasteiger partial charge in [-0.1, -0.05) is 27.7 Å². The smallest absolute Gasteiger partial charge is 0.417 e. The van der Waals surface area contributed by atoms with E-state index in [1.54, 1.807) is 12.1 Å². The number of alkyl halides is 3. The Morgan fingerprint density at radius 1 is 1.09 bits per heavy atom. The number of nitrogens with zero attached hydrogens (tertiary/aromatic N) is 3. The van der Waals surface area contributed by atoms with Crippen LogP contribution in [-0.4, -0.2) is 59.3 Å². The molecule has 11 nitrogen and oxygen atoms in total. The van der Waals surface area contributed by atoms with Crippen molar-refractivity contribution < 1.29 is 37.0 Å². The molecule has 0 fully saturated rings. The third kappa shape index (κ3) is 8.05. The van der Waals surface area contributed by atoms with Crippen LogP contribution < -0.4 is 21.1 Å². The van der Waals surface area contributed by atoms with Gasteiger partial charge in [0.1, 0.15) is 12.4 Å². The predicted molar refractivity (Wildman–Crippen MR) is 166 cm³/mol. The number of fused-ring (bicyclic) bond motifs is 1. The molecule has 0 radical (unpaired) electrons. The highest BCUT2D eigenvalue weighted by molar-refractivity contribution is 5.96. The second-order valence-electron chi connectivity index (χ2n) is 11.5. The van der Waals surface area contributed by atoms with Crippen LogP contribution in [0, 0.1) is 5.41 Å². The van der Waals surface area contributed by atoms with Gasteiger partial charge in [0.2, 0.25) is 0 Å². The van der Waals surface area contributed by atoms with Gasteiger partial charge in [0.15, 0.2) is 11.5 Å². The van der Waals surface area contributed by atoms with Gasteiger partial charge in [-0.2, -0.15) is 13.2 Å². The summed E-state index contributed by atoms with van der Waals surface area (Å²) in [5.74, 6) is 0.124. The van der Waals surface area contributed by atoms with E-state index in [0.717, 1.165) is 11.6 Å². The minimum absolute atomic E-state index is 0.0000564. The average Bonchev–Trinajstić information content (AvgIpc) is 3.44. The van der Waals surface area contributed by atoms with Crippen molar-refractivity contribution in [2.45, 2.75) is 46.4 Å². The summed E-state index contributed by atoms with van der Waals surface area (Å²) >= 11 is 0. The van der Waals surface area contributed by atoms with Gasteiger partial charge >= 0.3 is 12.3 Å². The first-order chi connectivity index (χ1) is 21.7. The Hall–Kier alpha value is -4.85. The maximum absolute atomic E-state index is 13.9. The van der Waals surface area contributed by atoms with E-state index in [9.17, 15) is 22.8 Å². The fourth-order valence-corrected chi connectivity index (χ4v) is 4.80. The van der Waals surface area contributed by atoms with Gasteiger partial charge in [-0.25, -0.2) is 14.8 Å². The van der Waals surface area contributed by atoms with Crippen molar-refractivity contribution in [1.29, 1.82) is 0 Å². The number of aromatic nitrogens is 3. The highest BCUT2D eigenvalue weighted by Gasteiger charge is 2.35. The first-order valence-electron chi connectivity index (χ1n) is 14.5. The molecule has 0 aliphatic heterocycles. The van der Waals surface area contributed by atoms with Gasteiger partial charge < -0.3 is 30.6 Å². The number of amides is 2. The number of halogens is 3. The van der Waals surface area contributed by atoms with Crippen LogP contribution in [0.2, 0.25) is 0 Å². The summed E-state index contributed by atoms with van der Waals surface area (Å²) in [5.41, 5.74) is 6.25. The van der Waals surface area contributed by atoms with E-state index < -0.39 is 23.9 Å². The van der Waals surface area contributed by atoms with Crippen LogP contribution in [0.25, 0.3) is 16.9 Å². The molecular weight excluding hydrogens is 605 g/mol. The van der Waals surface area contributed by atoms with E-state index in [4.69, 9.17) is 19.9 Å². The Labute approximate surface area is 264 Å². The van der Waals surface area contributed by atoms with Crippen LogP contribution in [0.1, 0.15) is 49.2 Å². The molecule has 0 saturated heterocycles. The lowest BCUT2D eigenvalue weighted by molar-refractivity contribution is -0.137. The number of carbonyl (C=O) groups is 2. The average molecular weight is 643 g/mol. The van der Waals surface area contributed by atoms with Crippen molar-refractivity contribution in [2.24, 2.45) is 11.1 Å². The summed E-state index contributed by atoms with van der Waals surface area (Å²) in [4.78, 5) is 32.7. The Morgan fingerprint density at radius 2 is 1.85 bits per heavy atom. The van der Waals surface area contributed by atoms with Crippen LogP contribution in [0.15, 0.2) is 55.0 Å². The molecule has 0 aliphatic carbocycles. The number of hydrogen-bond donors (Lipinski definition) is 3. The predicted octanol–water partition coefficient (Wildman–Crippen LogP) is 5.99. The quantitative estimate of drug-likeness (QED) is 0.160. The molecule has 1 unspecified atom stereocenters. The monoisotopic (exact) mass is 642 g/mol. The summed E-state index contributed by atoms with van der Waals surface area (Å²) in [6, 6.07) is 8.97. The number of imidazole rings is 1. The molecule has 2 aromatic carbocycles. The lowest BCUT2D eigenvalue weighted by atomic mass is 9.89. The largest absolute Gasteiger partial charge is 0.497 e. The Balaban J connectivity index is 1.49. The first-order valence-corrected chi connectivity index (χ1v) is 14.5. The number of aryl methyl sites for hydroxylation is 1. The molecule has 2 amide bonds. The molecule has 4 aromatic rings. The fraction of sp³-hybridized carbons (Fsp3) is 0.375. The third-order valence-corrected chi connectivity index (χ3v) is 7.28. The number of nitrogens with two attached hydrogens (primary N) is 1. The summed E-state index contributed by atoms with van der Waals surface area (Å²) in [5, 5.41) is 6.03. The van der Waals surface area contributed by atoms with E-state index in [-0.39, 0.29) is 48.1 Å². The van der Waals surface area contributed by atoms with E-state index in [2.05, 4.69) is 20.6 Å². The van der Waals surface area contributed by atoms with Crippen molar-refractivity contribution in [1.82, 2.24) is 19.7 Å². The summed E-state index contributed by atoms with van der Waals surface area (Å²) < 4.78 is 59.1. The maximum atomic E-state index is 13.9. The zero-order chi connectivity index (χ0) is 33.6. The van der Waals surface area contributed by atoms with Crippen molar-refractivity contribution in [3.05, 3.63) is 71.7 Å². The number of anilines is 2. The molecular formula is C32H37F3N6O5. The van der Waals surface area contributed by atoms with Gasteiger partial charge in [0.05, 0.1) is 37.3 Å². The van der Waals surface area contributed by atoms with E-state index in [1.807, 2.05) is 33.8 Å². The number of ether oxygens (including phenoxy) is 3. The summed E-state index contributed by atoms with van der Waals surface area (Å²) in [6.07, 6.45) is -0.999. The lowest BCUT2D eigenvalue weighted by Crippen LogP contribution is -2.38. The van der Waals surface area contributed by atoms with Gasteiger partial charge in [0, 0.05) is 35.8 Å². The molecule has 4 N–H and O–H groups in total. The minimum Gasteiger partial charge on any atom is -0.497 e. The molecule has 4 rings (SSSR count). The zero-order valence-electron chi connectivity index (χ0n) is 26.2. The van der Waals surface area contributed by atoms with Gasteiger partial charge in [-0.05, 0) is 53.8 Å². The first kappa shape index (κ1) is 34.0. The van der Waals surface area contributed by atoms with Crippen molar-refractivity contribution in [2.75, 3.05) is 32.2 Å². The van der Waals surface area contributed by atoms with Crippen LogP contribution in [-0.2, 0) is 22.1 Å².